The second-order valence-corrected chi connectivity index (χ2v) is 4.21. The lowest BCUT2D eigenvalue weighted by atomic mass is 10.0. The second-order valence-electron chi connectivity index (χ2n) is 3.30. The zero-order valence-electron chi connectivity index (χ0n) is 9.64. The summed E-state index contributed by atoms with van der Waals surface area (Å²) >= 11 is 1.84. The van der Waals surface area contributed by atoms with Gasteiger partial charge in [0.15, 0.2) is 0 Å². The van der Waals surface area contributed by atoms with Gasteiger partial charge in [0.05, 0.1) is 0 Å². The van der Waals surface area contributed by atoms with Crippen molar-refractivity contribution in [1.29, 1.82) is 0 Å². The second kappa shape index (κ2) is 4.61. The third kappa shape index (κ3) is 1.83. The SMILES string of the molecule is CC.Cc1cc(C)c2sccc2c1C. The van der Waals surface area contributed by atoms with Crippen molar-refractivity contribution >= 4 is 21.4 Å². The lowest BCUT2D eigenvalue weighted by Gasteiger charge is -2.03. The van der Waals surface area contributed by atoms with Gasteiger partial charge in [-0.25, -0.2) is 0 Å². The number of aryl methyl sites for hydroxylation is 3. The summed E-state index contributed by atoms with van der Waals surface area (Å²) in [5, 5.41) is 3.60. The van der Waals surface area contributed by atoms with Gasteiger partial charge >= 0.3 is 0 Å². The van der Waals surface area contributed by atoms with Crippen LogP contribution < -0.4 is 0 Å². The third-order valence-corrected chi connectivity index (χ3v) is 3.50. The van der Waals surface area contributed by atoms with Crippen molar-refractivity contribution in [2.45, 2.75) is 34.6 Å². The topological polar surface area (TPSA) is 0 Å². The van der Waals surface area contributed by atoms with Crippen molar-refractivity contribution in [2.75, 3.05) is 0 Å². The van der Waals surface area contributed by atoms with Gasteiger partial charge in [-0.05, 0) is 54.3 Å². The van der Waals surface area contributed by atoms with Crippen LogP contribution in [0.3, 0.4) is 0 Å². The summed E-state index contributed by atoms with van der Waals surface area (Å²) in [7, 11) is 0. The van der Waals surface area contributed by atoms with E-state index in [1.807, 2.05) is 25.2 Å². The minimum atomic E-state index is 1.40. The van der Waals surface area contributed by atoms with Gasteiger partial charge in [0.1, 0.15) is 0 Å². The van der Waals surface area contributed by atoms with Crippen molar-refractivity contribution in [3.05, 3.63) is 34.2 Å². The van der Waals surface area contributed by atoms with E-state index < -0.39 is 0 Å². The highest BCUT2D eigenvalue weighted by Gasteiger charge is 2.03. The fourth-order valence-corrected chi connectivity index (χ4v) is 2.55. The number of benzene rings is 1. The molecule has 0 radical (unpaired) electrons. The molecule has 0 saturated carbocycles. The van der Waals surface area contributed by atoms with E-state index in [0.717, 1.165) is 0 Å². The summed E-state index contributed by atoms with van der Waals surface area (Å²) in [5.41, 5.74) is 4.23. The quantitative estimate of drug-likeness (QED) is 0.578. The normalized spacial score (nSPS) is 9.79. The first-order valence-electron chi connectivity index (χ1n) is 5.14. The van der Waals surface area contributed by atoms with Crippen molar-refractivity contribution < 1.29 is 0 Å². The summed E-state index contributed by atoms with van der Waals surface area (Å²) in [6.07, 6.45) is 0. The Morgan fingerprint density at radius 2 is 1.64 bits per heavy atom. The molecular formula is C13H18S. The van der Waals surface area contributed by atoms with E-state index >= 15 is 0 Å². The molecule has 1 aromatic heterocycles. The van der Waals surface area contributed by atoms with Gasteiger partial charge in [-0.2, -0.15) is 0 Å². The number of fused-ring (bicyclic) bond motifs is 1. The molecule has 0 nitrogen and oxygen atoms in total. The Morgan fingerprint density at radius 1 is 1.00 bits per heavy atom. The lowest BCUT2D eigenvalue weighted by molar-refractivity contribution is 1.35. The van der Waals surface area contributed by atoms with Crippen LogP contribution >= 0.6 is 11.3 Å². The van der Waals surface area contributed by atoms with Gasteiger partial charge in [-0.3, -0.25) is 0 Å². The Balaban J connectivity index is 0.000000461. The Bertz CT molecular complexity index is 424. The minimum Gasteiger partial charge on any atom is -0.144 e. The summed E-state index contributed by atoms with van der Waals surface area (Å²) in [6, 6.07) is 4.49. The highest BCUT2D eigenvalue weighted by Crippen LogP contribution is 2.29. The molecule has 14 heavy (non-hydrogen) atoms. The van der Waals surface area contributed by atoms with Crippen LogP contribution in [0.1, 0.15) is 30.5 Å². The largest absolute Gasteiger partial charge is 0.144 e. The highest BCUT2D eigenvalue weighted by molar-refractivity contribution is 7.17. The van der Waals surface area contributed by atoms with E-state index in [9.17, 15) is 0 Å². The summed E-state index contributed by atoms with van der Waals surface area (Å²) in [5.74, 6) is 0. The predicted octanol–water partition coefficient (Wildman–Crippen LogP) is 4.85. The molecule has 1 aromatic carbocycles. The first-order valence-corrected chi connectivity index (χ1v) is 6.02. The molecule has 0 fully saturated rings. The number of hydrogen-bond acceptors (Lipinski definition) is 1. The smallest absolute Gasteiger partial charge is 0.0374 e. The zero-order chi connectivity index (χ0) is 10.7. The molecule has 76 valence electrons. The van der Waals surface area contributed by atoms with E-state index in [4.69, 9.17) is 0 Å². The third-order valence-electron chi connectivity index (χ3n) is 2.45. The van der Waals surface area contributed by atoms with Crippen LogP contribution in [0.25, 0.3) is 10.1 Å². The molecule has 0 atom stereocenters. The maximum atomic E-state index is 2.27. The van der Waals surface area contributed by atoms with Crippen LogP contribution in [0.2, 0.25) is 0 Å². The van der Waals surface area contributed by atoms with Crippen molar-refractivity contribution in [3.8, 4) is 0 Å². The zero-order valence-corrected chi connectivity index (χ0v) is 10.5. The van der Waals surface area contributed by atoms with Gasteiger partial charge < -0.3 is 0 Å². The first kappa shape index (κ1) is 11.3. The van der Waals surface area contributed by atoms with Gasteiger partial charge in [0.2, 0.25) is 0 Å². The maximum Gasteiger partial charge on any atom is 0.0374 e. The number of hydrogen-bond donors (Lipinski definition) is 0. The summed E-state index contributed by atoms with van der Waals surface area (Å²) in [6.45, 7) is 10.6. The van der Waals surface area contributed by atoms with E-state index in [1.165, 1.54) is 26.8 Å². The molecular weight excluding hydrogens is 188 g/mol. The molecule has 0 spiro atoms. The highest BCUT2D eigenvalue weighted by atomic mass is 32.1. The van der Waals surface area contributed by atoms with Gasteiger partial charge in [0, 0.05) is 4.70 Å². The van der Waals surface area contributed by atoms with E-state index in [0.29, 0.717) is 0 Å². The standard InChI is InChI=1S/C11H12S.C2H6/c1-7-6-8(2)11-10(9(7)3)4-5-12-11;1-2/h4-6H,1-3H3;1-2H3. The monoisotopic (exact) mass is 206 g/mol. The van der Waals surface area contributed by atoms with Crippen LogP contribution in [0.15, 0.2) is 17.5 Å². The average Bonchev–Trinajstić information content (AvgIpc) is 2.67. The predicted molar refractivity (Wildman–Crippen MR) is 67.4 cm³/mol. The van der Waals surface area contributed by atoms with Crippen LogP contribution in [0.4, 0.5) is 0 Å². The molecule has 0 bridgehead atoms. The van der Waals surface area contributed by atoms with Gasteiger partial charge in [-0.1, -0.05) is 19.9 Å². The maximum absolute atomic E-state index is 2.27. The van der Waals surface area contributed by atoms with Crippen molar-refractivity contribution in [2.24, 2.45) is 0 Å². The molecule has 0 saturated heterocycles. The Labute approximate surface area is 90.6 Å². The van der Waals surface area contributed by atoms with E-state index in [-0.39, 0.29) is 0 Å². The van der Waals surface area contributed by atoms with E-state index in [1.54, 1.807) is 0 Å². The molecule has 1 heterocycles. The van der Waals surface area contributed by atoms with Crippen LogP contribution in [0, 0.1) is 20.8 Å². The van der Waals surface area contributed by atoms with Crippen LogP contribution in [0.5, 0.6) is 0 Å². The van der Waals surface area contributed by atoms with Gasteiger partial charge in [0.25, 0.3) is 0 Å². The average molecular weight is 206 g/mol. The fraction of sp³-hybridized carbons (Fsp3) is 0.385. The molecule has 0 N–H and O–H groups in total. The van der Waals surface area contributed by atoms with Gasteiger partial charge in [-0.15, -0.1) is 11.3 Å². The molecule has 2 rings (SSSR count). The van der Waals surface area contributed by atoms with Crippen LogP contribution in [-0.4, -0.2) is 0 Å². The number of rotatable bonds is 0. The Kier molecular flexibility index (Phi) is 3.70. The van der Waals surface area contributed by atoms with Crippen molar-refractivity contribution in [1.82, 2.24) is 0 Å². The molecule has 0 aliphatic rings. The molecule has 0 unspecified atom stereocenters. The minimum absolute atomic E-state index is 1.40. The molecule has 0 aliphatic heterocycles. The van der Waals surface area contributed by atoms with Crippen LogP contribution in [-0.2, 0) is 0 Å². The van der Waals surface area contributed by atoms with E-state index in [2.05, 4.69) is 38.3 Å². The summed E-state index contributed by atoms with van der Waals surface area (Å²) < 4.78 is 1.44. The molecule has 0 amide bonds. The lowest BCUT2D eigenvalue weighted by Crippen LogP contribution is -1.83. The number of thiophene rings is 1. The fourth-order valence-electron chi connectivity index (χ4n) is 1.62. The van der Waals surface area contributed by atoms with Crippen molar-refractivity contribution in [3.63, 3.8) is 0 Å². The summed E-state index contributed by atoms with van der Waals surface area (Å²) in [4.78, 5) is 0. The Morgan fingerprint density at radius 3 is 2.29 bits per heavy atom. The molecule has 2 aromatic rings. The first-order chi connectivity index (χ1) is 6.70. The molecule has 0 aliphatic carbocycles. The molecule has 1 heteroatoms. The Hall–Kier alpha value is -0.820.